The summed E-state index contributed by atoms with van der Waals surface area (Å²) in [6.07, 6.45) is 0.382. The van der Waals surface area contributed by atoms with Crippen molar-refractivity contribution < 1.29 is 18.8 Å². The lowest BCUT2D eigenvalue weighted by atomic mass is 10.2. The van der Waals surface area contributed by atoms with Gasteiger partial charge in [0.1, 0.15) is 5.76 Å². The average Bonchev–Trinajstić information content (AvgIpc) is 2.91. The molecular weight excluding hydrogens is 262 g/mol. The fourth-order valence-corrected chi connectivity index (χ4v) is 2.16. The second-order valence-electron chi connectivity index (χ2n) is 4.78. The smallest absolute Gasteiger partial charge is 0.306 e. The molecule has 0 radical (unpaired) electrons. The van der Waals surface area contributed by atoms with Gasteiger partial charge in [0.25, 0.3) is 5.91 Å². The molecule has 0 aliphatic carbocycles. The van der Waals surface area contributed by atoms with Gasteiger partial charge in [-0.1, -0.05) is 5.16 Å². The number of carbonyl (C=O) groups excluding carboxylic acids is 2. The van der Waals surface area contributed by atoms with E-state index < -0.39 is 0 Å². The van der Waals surface area contributed by atoms with Crippen LogP contribution in [0.2, 0.25) is 0 Å². The highest BCUT2D eigenvalue weighted by atomic mass is 16.5. The summed E-state index contributed by atoms with van der Waals surface area (Å²) in [6, 6.07) is 1.64. The fourth-order valence-electron chi connectivity index (χ4n) is 2.16. The molecule has 7 nitrogen and oxygen atoms in total. The number of ether oxygens (including phenoxy) is 1. The Labute approximate surface area is 117 Å². The molecule has 110 valence electrons. The summed E-state index contributed by atoms with van der Waals surface area (Å²) in [7, 11) is 1.39. The van der Waals surface area contributed by atoms with Crippen molar-refractivity contribution in [2.45, 2.75) is 13.3 Å². The quantitative estimate of drug-likeness (QED) is 0.739. The third-order valence-electron chi connectivity index (χ3n) is 3.37. The molecule has 2 heterocycles. The number of piperazine rings is 1. The van der Waals surface area contributed by atoms with E-state index in [0.29, 0.717) is 37.5 Å². The number of hydrogen-bond donors (Lipinski definition) is 0. The van der Waals surface area contributed by atoms with Gasteiger partial charge in [0.15, 0.2) is 5.69 Å². The third kappa shape index (κ3) is 3.57. The van der Waals surface area contributed by atoms with Crippen LogP contribution in [0.25, 0.3) is 0 Å². The molecule has 1 aliphatic heterocycles. The topological polar surface area (TPSA) is 75.9 Å². The number of rotatable bonds is 4. The predicted molar refractivity (Wildman–Crippen MR) is 70.2 cm³/mol. The molecule has 0 saturated carbocycles. The molecule has 7 heteroatoms. The Morgan fingerprint density at radius 1 is 1.35 bits per heavy atom. The number of esters is 1. The molecule has 1 aromatic heterocycles. The van der Waals surface area contributed by atoms with Gasteiger partial charge in [-0.2, -0.15) is 0 Å². The molecule has 0 bridgehead atoms. The molecule has 0 N–H and O–H groups in total. The number of hydrogen-bond acceptors (Lipinski definition) is 6. The fraction of sp³-hybridized carbons (Fsp3) is 0.615. The Morgan fingerprint density at radius 3 is 2.60 bits per heavy atom. The van der Waals surface area contributed by atoms with Gasteiger partial charge in [0.05, 0.1) is 13.5 Å². The summed E-state index contributed by atoms with van der Waals surface area (Å²) in [5.74, 6) is 0.320. The first-order chi connectivity index (χ1) is 9.60. The van der Waals surface area contributed by atoms with Gasteiger partial charge in [-0.25, -0.2) is 0 Å². The zero-order chi connectivity index (χ0) is 14.5. The molecule has 0 aromatic carbocycles. The first kappa shape index (κ1) is 14.5. The maximum atomic E-state index is 12.1. The molecule has 20 heavy (non-hydrogen) atoms. The summed E-state index contributed by atoms with van der Waals surface area (Å²) in [5, 5.41) is 3.74. The molecule has 0 spiro atoms. The van der Waals surface area contributed by atoms with Gasteiger partial charge in [0, 0.05) is 38.8 Å². The first-order valence-corrected chi connectivity index (χ1v) is 6.62. The first-order valence-electron chi connectivity index (χ1n) is 6.62. The summed E-state index contributed by atoms with van der Waals surface area (Å²) in [4.78, 5) is 27.1. The maximum absolute atomic E-state index is 12.1. The SMILES string of the molecule is COC(=O)CCN1CCN(C(=O)c2cc(C)on2)CC1. The molecule has 0 atom stereocenters. The van der Waals surface area contributed by atoms with E-state index in [9.17, 15) is 9.59 Å². The van der Waals surface area contributed by atoms with E-state index in [1.807, 2.05) is 0 Å². The van der Waals surface area contributed by atoms with E-state index in [0.717, 1.165) is 13.1 Å². The van der Waals surface area contributed by atoms with Crippen LogP contribution in [0.5, 0.6) is 0 Å². The minimum atomic E-state index is -0.207. The molecule has 1 aromatic rings. The summed E-state index contributed by atoms with van der Waals surface area (Å²) in [6.45, 7) is 5.18. The number of methoxy groups -OCH3 is 1. The number of nitrogens with zero attached hydrogens (tertiary/aromatic N) is 3. The van der Waals surface area contributed by atoms with Crippen LogP contribution in [0.3, 0.4) is 0 Å². The van der Waals surface area contributed by atoms with Crippen molar-refractivity contribution in [1.29, 1.82) is 0 Å². The van der Waals surface area contributed by atoms with Crippen LogP contribution in [0.1, 0.15) is 22.7 Å². The second kappa shape index (κ2) is 6.51. The molecule has 1 saturated heterocycles. The number of amides is 1. The maximum Gasteiger partial charge on any atom is 0.306 e. The minimum Gasteiger partial charge on any atom is -0.469 e. The Bertz CT molecular complexity index is 478. The zero-order valence-corrected chi connectivity index (χ0v) is 11.8. The van der Waals surface area contributed by atoms with Crippen molar-refractivity contribution in [3.05, 3.63) is 17.5 Å². The van der Waals surface area contributed by atoms with E-state index in [4.69, 9.17) is 4.52 Å². The van der Waals surface area contributed by atoms with E-state index in [-0.39, 0.29) is 11.9 Å². The lowest BCUT2D eigenvalue weighted by Crippen LogP contribution is -2.49. The highest BCUT2D eigenvalue weighted by Gasteiger charge is 2.24. The van der Waals surface area contributed by atoms with Crippen molar-refractivity contribution >= 4 is 11.9 Å². The molecule has 1 fully saturated rings. The normalized spacial score (nSPS) is 16.2. The van der Waals surface area contributed by atoms with Crippen LogP contribution < -0.4 is 0 Å². The van der Waals surface area contributed by atoms with E-state index in [1.165, 1.54) is 7.11 Å². The van der Waals surface area contributed by atoms with Crippen LogP contribution >= 0.6 is 0 Å². The van der Waals surface area contributed by atoms with E-state index >= 15 is 0 Å². The van der Waals surface area contributed by atoms with Crippen molar-refractivity contribution in [2.24, 2.45) is 0 Å². The Hall–Kier alpha value is -1.89. The second-order valence-corrected chi connectivity index (χ2v) is 4.78. The number of aromatic nitrogens is 1. The average molecular weight is 281 g/mol. The summed E-state index contributed by atoms with van der Waals surface area (Å²) >= 11 is 0. The van der Waals surface area contributed by atoms with Gasteiger partial charge in [-0.3, -0.25) is 14.5 Å². The Morgan fingerprint density at radius 2 is 2.05 bits per heavy atom. The van der Waals surface area contributed by atoms with Gasteiger partial charge in [-0.05, 0) is 6.92 Å². The van der Waals surface area contributed by atoms with Crippen LogP contribution in [0, 0.1) is 6.92 Å². The molecule has 2 rings (SSSR count). The highest BCUT2D eigenvalue weighted by molar-refractivity contribution is 5.92. The van der Waals surface area contributed by atoms with Gasteiger partial charge in [0.2, 0.25) is 0 Å². The zero-order valence-electron chi connectivity index (χ0n) is 11.8. The molecule has 1 amide bonds. The van der Waals surface area contributed by atoms with Gasteiger partial charge in [-0.15, -0.1) is 0 Å². The highest BCUT2D eigenvalue weighted by Crippen LogP contribution is 2.09. The van der Waals surface area contributed by atoms with Crippen molar-refractivity contribution in [3.63, 3.8) is 0 Å². The Kier molecular flexibility index (Phi) is 4.73. The predicted octanol–water partition coefficient (Wildman–Crippen LogP) is 0.304. The van der Waals surface area contributed by atoms with Crippen LogP contribution in [0.4, 0.5) is 0 Å². The van der Waals surface area contributed by atoms with Crippen LogP contribution in [0.15, 0.2) is 10.6 Å². The lowest BCUT2D eigenvalue weighted by molar-refractivity contribution is -0.141. The van der Waals surface area contributed by atoms with E-state index in [1.54, 1.807) is 17.9 Å². The van der Waals surface area contributed by atoms with Gasteiger partial charge >= 0.3 is 5.97 Å². The van der Waals surface area contributed by atoms with E-state index in [2.05, 4.69) is 14.8 Å². The minimum absolute atomic E-state index is 0.102. The molecular formula is C13H19N3O4. The van der Waals surface area contributed by atoms with Crippen molar-refractivity contribution in [3.8, 4) is 0 Å². The Balaban J connectivity index is 1.79. The van der Waals surface area contributed by atoms with Crippen LogP contribution in [-0.4, -0.2) is 66.7 Å². The molecule has 1 aliphatic rings. The third-order valence-corrected chi connectivity index (χ3v) is 3.37. The van der Waals surface area contributed by atoms with Crippen molar-refractivity contribution in [1.82, 2.24) is 15.0 Å². The standard InChI is InChI=1S/C13H19N3O4/c1-10-9-11(14-20-10)13(18)16-7-5-15(6-8-16)4-3-12(17)19-2/h9H,3-8H2,1-2H3. The number of carbonyl (C=O) groups is 2. The summed E-state index contributed by atoms with van der Waals surface area (Å²) in [5.41, 5.74) is 0.352. The van der Waals surface area contributed by atoms with Gasteiger partial charge < -0.3 is 14.2 Å². The van der Waals surface area contributed by atoms with Crippen molar-refractivity contribution in [2.75, 3.05) is 39.8 Å². The number of aryl methyl sites for hydroxylation is 1. The lowest BCUT2D eigenvalue weighted by Gasteiger charge is -2.34. The molecule has 0 unspecified atom stereocenters. The monoisotopic (exact) mass is 281 g/mol. The van der Waals surface area contributed by atoms with Crippen LogP contribution in [-0.2, 0) is 9.53 Å². The summed E-state index contributed by atoms with van der Waals surface area (Å²) < 4.78 is 9.53. The largest absolute Gasteiger partial charge is 0.469 e.